The molecule has 0 heterocycles. The maximum Gasteiger partial charge on any atom is 0.335 e. The Kier molecular flexibility index (Phi) is 5.53. The van der Waals surface area contributed by atoms with Gasteiger partial charge in [0, 0.05) is 18.1 Å². The third-order valence-corrected chi connectivity index (χ3v) is 3.23. The van der Waals surface area contributed by atoms with Crippen molar-refractivity contribution in [3.05, 3.63) is 28.2 Å². The van der Waals surface area contributed by atoms with Crippen LogP contribution in [0.15, 0.2) is 22.7 Å². The number of carbonyl (C=O) groups is 2. The summed E-state index contributed by atoms with van der Waals surface area (Å²) in [7, 11) is 1.59. The van der Waals surface area contributed by atoms with E-state index in [1.165, 1.54) is 23.1 Å². The molecule has 0 aliphatic rings. The van der Waals surface area contributed by atoms with Crippen LogP contribution < -0.4 is 5.32 Å². The molecule has 0 fully saturated rings. The second-order valence-corrected chi connectivity index (χ2v) is 5.19. The van der Waals surface area contributed by atoms with Crippen molar-refractivity contribution in [2.24, 2.45) is 5.92 Å². The standard InChI is InChI=1S/C13H14BrN3O3/c1-8(6-15)7-17(2)13(20)16-11-4-3-9(12(18)19)5-10(11)14/h3-5,8H,7H2,1-2H3,(H,16,20)(H,18,19). The van der Waals surface area contributed by atoms with Crippen LogP contribution in [0.4, 0.5) is 10.5 Å². The molecule has 1 atom stereocenters. The van der Waals surface area contributed by atoms with Gasteiger partial charge < -0.3 is 15.3 Å². The highest BCUT2D eigenvalue weighted by Crippen LogP contribution is 2.24. The van der Waals surface area contributed by atoms with E-state index in [-0.39, 0.29) is 17.5 Å². The highest BCUT2D eigenvalue weighted by Gasteiger charge is 2.14. The number of hydrogen-bond donors (Lipinski definition) is 2. The first kappa shape index (κ1) is 16.0. The topological polar surface area (TPSA) is 93.4 Å². The SMILES string of the molecule is CC(C#N)CN(C)C(=O)Nc1ccc(C(=O)O)cc1Br. The van der Waals surface area contributed by atoms with E-state index >= 15 is 0 Å². The molecule has 1 rings (SSSR count). The summed E-state index contributed by atoms with van der Waals surface area (Å²) in [4.78, 5) is 24.1. The lowest BCUT2D eigenvalue weighted by atomic mass is 10.2. The van der Waals surface area contributed by atoms with E-state index in [1.807, 2.05) is 6.07 Å². The van der Waals surface area contributed by atoms with Crippen LogP contribution in [0.1, 0.15) is 17.3 Å². The van der Waals surface area contributed by atoms with Gasteiger partial charge in [-0.15, -0.1) is 0 Å². The molecule has 20 heavy (non-hydrogen) atoms. The molecule has 0 aromatic heterocycles. The number of carboxylic acid groups (broad SMARTS) is 1. The van der Waals surface area contributed by atoms with Crippen LogP contribution in [0.2, 0.25) is 0 Å². The van der Waals surface area contributed by atoms with Crippen molar-refractivity contribution in [3.8, 4) is 6.07 Å². The predicted octanol–water partition coefficient (Wildman–Crippen LogP) is 2.77. The van der Waals surface area contributed by atoms with Crippen molar-refractivity contribution in [2.45, 2.75) is 6.92 Å². The van der Waals surface area contributed by atoms with Gasteiger partial charge in [-0.1, -0.05) is 0 Å². The number of rotatable bonds is 4. The van der Waals surface area contributed by atoms with Gasteiger partial charge in [0.05, 0.1) is 23.2 Å². The molecule has 0 bridgehead atoms. The molecule has 0 aliphatic carbocycles. The summed E-state index contributed by atoms with van der Waals surface area (Å²) < 4.78 is 0.479. The van der Waals surface area contributed by atoms with Gasteiger partial charge in [0.2, 0.25) is 0 Å². The molecule has 2 N–H and O–H groups in total. The average Bonchev–Trinajstić information content (AvgIpc) is 2.40. The van der Waals surface area contributed by atoms with Gasteiger partial charge in [0.25, 0.3) is 0 Å². The summed E-state index contributed by atoms with van der Waals surface area (Å²) in [6.45, 7) is 2.04. The van der Waals surface area contributed by atoms with Crippen LogP contribution in [0.5, 0.6) is 0 Å². The Labute approximate surface area is 125 Å². The molecule has 6 nitrogen and oxygen atoms in total. The molecule has 0 aliphatic heterocycles. The number of halogens is 1. The zero-order valence-electron chi connectivity index (χ0n) is 11.1. The number of nitrogens with zero attached hydrogens (tertiary/aromatic N) is 2. The van der Waals surface area contributed by atoms with Crippen LogP contribution in [-0.4, -0.2) is 35.6 Å². The summed E-state index contributed by atoms with van der Waals surface area (Å²) in [5, 5.41) is 20.2. The number of nitrogens with one attached hydrogen (secondary N) is 1. The second-order valence-electron chi connectivity index (χ2n) is 4.34. The normalized spacial score (nSPS) is 11.3. The molecule has 7 heteroatoms. The molecule has 106 valence electrons. The Morgan fingerprint density at radius 2 is 2.20 bits per heavy atom. The summed E-state index contributed by atoms with van der Waals surface area (Å²) in [5.41, 5.74) is 0.595. The van der Waals surface area contributed by atoms with E-state index in [4.69, 9.17) is 10.4 Å². The van der Waals surface area contributed by atoms with Crippen LogP contribution in [0, 0.1) is 17.2 Å². The fraction of sp³-hybridized carbons (Fsp3) is 0.308. The van der Waals surface area contributed by atoms with Crippen LogP contribution in [0.25, 0.3) is 0 Å². The minimum atomic E-state index is -1.04. The molecule has 1 unspecified atom stereocenters. The first-order valence-corrected chi connectivity index (χ1v) is 6.59. The van der Waals surface area contributed by atoms with Crippen LogP contribution in [-0.2, 0) is 0 Å². The van der Waals surface area contributed by atoms with E-state index < -0.39 is 5.97 Å². The van der Waals surface area contributed by atoms with Gasteiger partial charge in [0.15, 0.2) is 0 Å². The largest absolute Gasteiger partial charge is 0.478 e. The van der Waals surface area contributed by atoms with E-state index in [1.54, 1.807) is 14.0 Å². The Balaban J connectivity index is 2.76. The number of nitriles is 1. The highest BCUT2D eigenvalue weighted by atomic mass is 79.9. The summed E-state index contributed by atoms with van der Waals surface area (Å²) >= 11 is 3.21. The van der Waals surface area contributed by atoms with E-state index in [0.29, 0.717) is 16.7 Å². The number of anilines is 1. The molecule has 1 aromatic rings. The van der Waals surface area contributed by atoms with Crippen molar-refractivity contribution < 1.29 is 14.7 Å². The summed E-state index contributed by atoms with van der Waals surface area (Å²) in [5.74, 6) is -1.30. The molecule has 0 saturated carbocycles. The van der Waals surface area contributed by atoms with Crippen molar-refractivity contribution >= 4 is 33.6 Å². The van der Waals surface area contributed by atoms with Gasteiger partial charge in [-0.05, 0) is 41.1 Å². The fourth-order valence-corrected chi connectivity index (χ4v) is 1.97. The summed E-state index contributed by atoms with van der Waals surface area (Å²) in [6.07, 6.45) is 0. The van der Waals surface area contributed by atoms with Gasteiger partial charge in [-0.25, -0.2) is 9.59 Å². The first-order chi connectivity index (χ1) is 9.35. The minimum absolute atomic E-state index is 0.126. The van der Waals surface area contributed by atoms with Crippen molar-refractivity contribution in [1.29, 1.82) is 5.26 Å². The molecule has 2 amide bonds. The molecular formula is C13H14BrN3O3. The van der Waals surface area contributed by atoms with E-state index in [9.17, 15) is 9.59 Å². The third-order valence-electron chi connectivity index (χ3n) is 2.57. The number of carboxylic acids is 1. The molecule has 0 radical (unpaired) electrons. The molecular weight excluding hydrogens is 326 g/mol. The second kappa shape index (κ2) is 6.91. The van der Waals surface area contributed by atoms with Gasteiger partial charge in [-0.2, -0.15) is 5.26 Å². The van der Waals surface area contributed by atoms with Crippen molar-refractivity contribution in [3.63, 3.8) is 0 Å². The summed E-state index contributed by atoms with van der Waals surface area (Å²) in [6, 6.07) is 6.01. The van der Waals surface area contributed by atoms with Crippen molar-refractivity contribution in [1.82, 2.24) is 4.90 Å². The van der Waals surface area contributed by atoms with Crippen LogP contribution >= 0.6 is 15.9 Å². The number of hydrogen-bond acceptors (Lipinski definition) is 3. The Hall–Kier alpha value is -2.07. The highest BCUT2D eigenvalue weighted by molar-refractivity contribution is 9.10. The maximum absolute atomic E-state index is 11.9. The molecule has 0 saturated heterocycles. The lowest BCUT2D eigenvalue weighted by Crippen LogP contribution is -2.34. The smallest absolute Gasteiger partial charge is 0.335 e. The number of urea groups is 1. The number of carbonyl (C=O) groups excluding carboxylic acids is 1. The lowest BCUT2D eigenvalue weighted by molar-refractivity contribution is 0.0697. The van der Waals surface area contributed by atoms with Gasteiger partial charge in [-0.3, -0.25) is 0 Å². The Morgan fingerprint density at radius 1 is 1.55 bits per heavy atom. The molecule has 0 spiro atoms. The van der Waals surface area contributed by atoms with Gasteiger partial charge in [0.1, 0.15) is 0 Å². The zero-order chi connectivity index (χ0) is 15.3. The first-order valence-electron chi connectivity index (χ1n) is 5.79. The quantitative estimate of drug-likeness (QED) is 0.881. The Bertz CT molecular complexity index is 568. The zero-order valence-corrected chi connectivity index (χ0v) is 12.6. The third kappa shape index (κ3) is 4.24. The minimum Gasteiger partial charge on any atom is -0.478 e. The monoisotopic (exact) mass is 339 g/mol. The van der Waals surface area contributed by atoms with Crippen molar-refractivity contribution in [2.75, 3.05) is 18.9 Å². The van der Waals surface area contributed by atoms with Crippen LogP contribution in [0.3, 0.4) is 0 Å². The van der Waals surface area contributed by atoms with Gasteiger partial charge >= 0.3 is 12.0 Å². The number of aromatic carboxylic acids is 1. The van der Waals surface area contributed by atoms with E-state index in [0.717, 1.165) is 0 Å². The maximum atomic E-state index is 11.9. The lowest BCUT2D eigenvalue weighted by Gasteiger charge is -2.19. The average molecular weight is 340 g/mol. The predicted molar refractivity (Wildman–Crippen MR) is 77.5 cm³/mol. The Morgan fingerprint density at radius 3 is 2.70 bits per heavy atom. The number of benzene rings is 1. The number of amides is 2. The van der Waals surface area contributed by atoms with E-state index in [2.05, 4.69) is 21.2 Å². The fourth-order valence-electron chi connectivity index (χ4n) is 1.49. The molecule has 1 aromatic carbocycles.